The third-order valence-corrected chi connectivity index (χ3v) is 3.34. The molecular weight excluding hydrogens is 274 g/mol. The predicted octanol–water partition coefficient (Wildman–Crippen LogP) is 4.06. The van der Waals surface area contributed by atoms with Gasteiger partial charge in [0.1, 0.15) is 0 Å². The molecule has 0 bridgehead atoms. The Labute approximate surface area is 136 Å². The first kappa shape index (κ1) is 22.9. The van der Waals surface area contributed by atoms with Crippen LogP contribution < -0.4 is 5.73 Å². The fourth-order valence-electron chi connectivity index (χ4n) is 1.93. The van der Waals surface area contributed by atoms with Gasteiger partial charge in [-0.3, -0.25) is 4.79 Å². The van der Waals surface area contributed by atoms with E-state index in [0.29, 0.717) is 0 Å². The van der Waals surface area contributed by atoms with Gasteiger partial charge in [0.2, 0.25) is 5.91 Å². The predicted molar refractivity (Wildman–Crippen MR) is 97.1 cm³/mol. The van der Waals surface area contributed by atoms with Gasteiger partial charge in [0, 0.05) is 19.3 Å². The van der Waals surface area contributed by atoms with E-state index < -0.39 is 0 Å². The average Bonchev–Trinajstić information content (AvgIpc) is 2.54. The molecule has 0 saturated carbocycles. The molecular formula is C19H36NO2+. The molecule has 1 amide bonds. The summed E-state index contributed by atoms with van der Waals surface area (Å²) >= 11 is 0. The van der Waals surface area contributed by atoms with Gasteiger partial charge in [0.15, 0.2) is 6.10 Å². The lowest BCUT2D eigenvalue weighted by atomic mass is 9.98. The van der Waals surface area contributed by atoms with Crippen molar-refractivity contribution in [3.63, 3.8) is 0 Å². The first-order valence-corrected chi connectivity index (χ1v) is 8.55. The molecule has 1 aromatic carbocycles. The van der Waals surface area contributed by atoms with Gasteiger partial charge >= 0.3 is 0 Å². The summed E-state index contributed by atoms with van der Waals surface area (Å²) in [5.41, 5.74) is 6.59. The summed E-state index contributed by atoms with van der Waals surface area (Å²) in [6, 6.07) is 10.5. The SMILES string of the molecule is CC.CCC(CCCC(C)[OH2+])C(N)=O.CCc1ccccc1. The van der Waals surface area contributed by atoms with Crippen molar-refractivity contribution in [2.45, 2.75) is 72.8 Å². The van der Waals surface area contributed by atoms with Crippen molar-refractivity contribution in [3.05, 3.63) is 35.9 Å². The summed E-state index contributed by atoms with van der Waals surface area (Å²) < 4.78 is 0. The molecule has 2 unspecified atom stereocenters. The van der Waals surface area contributed by atoms with Crippen LogP contribution in [0.2, 0.25) is 0 Å². The molecule has 0 aliphatic rings. The molecule has 0 aromatic heterocycles. The first-order valence-electron chi connectivity index (χ1n) is 8.55. The second-order valence-corrected chi connectivity index (χ2v) is 5.18. The summed E-state index contributed by atoms with van der Waals surface area (Å²) in [6.45, 7) is 10.0. The Morgan fingerprint density at radius 1 is 1.14 bits per heavy atom. The molecule has 3 nitrogen and oxygen atoms in total. The minimum absolute atomic E-state index is 0.0174. The Kier molecular flexibility index (Phi) is 16.7. The van der Waals surface area contributed by atoms with Crippen LogP contribution in [0.1, 0.15) is 65.9 Å². The lowest BCUT2D eigenvalue weighted by molar-refractivity contribution is -0.122. The van der Waals surface area contributed by atoms with Crippen LogP contribution >= 0.6 is 0 Å². The van der Waals surface area contributed by atoms with E-state index in [1.165, 1.54) is 5.56 Å². The van der Waals surface area contributed by atoms with Gasteiger partial charge in [0.05, 0.1) is 0 Å². The zero-order valence-electron chi connectivity index (χ0n) is 15.1. The van der Waals surface area contributed by atoms with Crippen LogP contribution in [-0.2, 0) is 11.2 Å². The number of amides is 1. The molecule has 0 aliphatic heterocycles. The summed E-state index contributed by atoms with van der Waals surface area (Å²) in [6.07, 6.45) is 4.59. The second-order valence-electron chi connectivity index (χ2n) is 5.18. The van der Waals surface area contributed by atoms with Gasteiger partial charge in [-0.25, -0.2) is 0 Å². The summed E-state index contributed by atoms with van der Waals surface area (Å²) in [7, 11) is 0. The van der Waals surface area contributed by atoms with Crippen molar-refractivity contribution in [2.75, 3.05) is 0 Å². The third kappa shape index (κ3) is 13.6. The third-order valence-electron chi connectivity index (χ3n) is 3.34. The molecule has 1 aromatic rings. The molecule has 0 fully saturated rings. The van der Waals surface area contributed by atoms with E-state index in [4.69, 9.17) is 10.8 Å². The number of hydrogen-bond donors (Lipinski definition) is 1. The van der Waals surface area contributed by atoms with Crippen molar-refractivity contribution in [3.8, 4) is 0 Å². The van der Waals surface area contributed by atoms with Gasteiger partial charge < -0.3 is 10.8 Å². The number of carbonyl (C=O) groups excluding carboxylic acids is 1. The van der Waals surface area contributed by atoms with Crippen LogP contribution in [0.4, 0.5) is 0 Å². The number of hydrogen-bond acceptors (Lipinski definition) is 1. The minimum atomic E-state index is -0.199. The molecule has 0 aliphatic carbocycles. The van der Waals surface area contributed by atoms with Crippen LogP contribution in [0, 0.1) is 5.92 Å². The number of primary amides is 1. The lowest BCUT2D eigenvalue weighted by Crippen LogP contribution is -2.22. The zero-order chi connectivity index (χ0) is 17.4. The molecule has 1 rings (SSSR count). The van der Waals surface area contributed by atoms with E-state index in [-0.39, 0.29) is 17.9 Å². The number of benzene rings is 1. The van der Waals surface area contributed by atoms with E-state index in [9.17, 15) is 4.79 Å². The summed E-state index contributed by atoms with van der Waals surface area (Å²) in [5, 5.41) is 7.27. The van der Waals surface area contributed by atoms with E-state index in [1.807, 2.05) is 33.8 Å². The Morgan fingerprint density at radius 3 is 2.00 bits per heavy atom. The molecule has 0 radical (unpaired) electrons. The Morgan fingerprint density at radius 2 is 1.68 bits per heavy atom. The van der Waals surface area contributed by atoms with Crippen LogP contribution in [-0.4, -0.2) is 17.1 Å². The molecule has 3 heteroatoms. The highest BCUT2D eigenvalue weighted by Crippen LogP contribution is 2.12. The number of carbonyl (C=O) groups is 1. The summed E-state index contributed by atoms with van der Waals surface area (Å²) in [5.74, 6) is -0.182. The van der Waals surface area contributed by atoms with Gasteiger partial charge in [-0.05, 0) is 31.2 Å². The maximum Gasteiger partial charge on any atom is 0.220 e. The highest BCUT2D eigenvalue weighted by atomic mass is 16.3. The zero-order valence-corrected chi connectivity index (χ0v) is 15.1. The largest absolute Gasteiger partial charge is 0.443 e. The smallest absolute Gasteiger partial charge is 0.220 e. The van der Waals surface area contributed by atoms with Gasteiger partial charge in [-0.2, -0.15) is 0 Å². The normalized spacial score (nSPS) is 12.1. The monoisotopic (exact) mass is 310 g/mol. The van der Waals surface area contributed by atoms with Crippen LogP contribution in [0.15, 0.2) is 30.3 Å². The van der Waals surface area contributed by atoms with Gasteiger partial charge in [-0.1, -0.05) is 58.0 Å². The average molecular weight is 311 g/mol. The molecule has 0 heterocycles. The second kappa shape index (κ2) is 16.0. The maximum atomic E-state index is 10.8. The van der Waals surface area contributed by atoms with Crippen LogP contribution in [0.25, 0.3) is 0 Å². The maximum absolute atomic E-state index is 10.8. The Hall–Kier alpha value is -1.35. The number of nitrogens with two attached hydrogens (primary N) is 1. The quantitative estimate of drug-likeness (QED) is 0.758. The minimum Gasteiger partial charge on any atom is -0.443 e. The van der Waals surface area contributed by atoms with Crippen LogP contribution in [0.5, 0.6) is 0 Å². The Balaban J connectivity index is 0. The molecule has 128 valence electrons. The molecule has 0 saturated heterocycles. The van der Waals surface area contributed by atoms with E-state index >= 15 is 0 Å². The molecule has 2 atom stereocenters. The Bertz CT molecular complexity index is 350. The molecule has 4 N–H and O–H groups in total. The van der Waals surface area contributed by atoms with Crippen molar-refractivity contribution in [2.24, 2.45) is 11.7 Å². The van der Waals surface area contributed by atoms with Gasteiger partial charge in [-0.15, -0.1) is 0 Å². The topological polar surface area (TPSA) is 66.0 Å². The standard InChI is InChI=1S/C9H19NO2.C8H10.C2H6/c1-3-8(9(10)12)6-4-5-7(2)11;1-2-8-6-4-3-5-7-8;1-2/h7-8,11H,3-6H2,1-2H3,(H2,10,12);3-7H,2H2,1H3;1-2H3/p+1. The highest BCUT2D eigenvalue weighted by Gasteiger charge is 2.12. The fourth-order valence-corrected chi connectivity index (χ4v) is 1.93. The first-order chi connectivity index (χ1) is 10.5. The van der Waals surface area contributed by atoms with Crippen molar-refractivity contribution < 1.29 is 9.90 Å². The van der Waals surface area contributed by atoms with Gasteiger partial charge in [0.25, 0.3) is 0 Å². The van der Waals surface area contributed by atoms with Crippen LogP contribution in [0.3, 0.4) is 0 Å². The summed E-state index contributed by atoms with van der Waals surface area (Å²) in [4.78, 5) is 10.8. The van der Waals surface area contributed by atoms with Crippen molar-refractivity contribution >= 4 is 5.91 Å². The van der Waals surface area contributed by atoms with E-state index in [1.54, 1.807) is 0 Å². The molecule has 0 spiro atoms. The van der Waals surface area contributed by atoms with Crippen molar-refractivity contribution in [1.29, 1.82) is 0 Å². The highest BCUT2D eigenvalue weighted by molar-refractivity contribution is 5.76. The van der Waals surface area contributed by atoms with E-state index in [0.717, 1.165) is 32.1 Å². The number of aryl methyl sites for hydroxylation is 1. The number of rotatable bonds is 7. The fraction of sp³-hybridized carbons (Fsp3) is 0.632. The van der Waals surface area contributed by atoms with Crippen molar-refractivity contribution in [1.82, 2.24) is 0 Å². The molecule has 22 heavy (non-hydrogen) atoms. The van der Waals surface area contributed by atoms with E-state index in [2.05, 4.69) is 31.2 Å². The lowest BCUT2D eigenvalue weighted by Gasteiger charge is -2.09.